The molecule has 0 spiro atoms. The number of thioether (sulfide) groups is 1. The number of nitrogens with two attached hydrogens (primary N) is 1. The van der Waals surface area contributed by atoms with Crippen LogP contribution in [0, 0.1) is 0 Å². The van der Waals surface area contributed by atoms with Crippen LogP contribution in [0.3, 0.4) is 0 Å². The van der Waals surface area contributed by atoms with E-state index < -0.39 is 6.10 Å². The van der Waals surface area contributed by atoms with E-state index in [4.69, 9.17) is 20.7 Å². The molecule has 0 aromatic heterocycles. The molecule has 7 heteroatoms. The van der Waals surface area contributed by atoms with Gasteiger partial charge >= 0.3 is 0 Å². The minimum atomic E-state index is -0.739. The van der Waals surface area contributed by atoms with Crippen molar-refractivity contribution in [3.05, 3.63) is 18.2 Å². The predicted molar refractivity (Wildman–Crippen MR) is 81.1 cm³/mol. The summed E-state index contributed by atoms with van der Waals surface area (Å²) in [4.78, 5) is 11.8. The van der Waals surface area contributed by atoms with Crippen LogP contribution in [0.25, 0.3) is 0 Å². The number of amides is 1. The molecule has 20 heavy (non-hydrogen) atoms. The van der Waals surface area contributed by atoms with Gasteiger partial charge in [0, 0.05) is 23.6 Å². The number of aliphatic hydroxyl groups excluding tert-OH is 2. The fourth-order valence-corrected chi connectivity index (χ4v) is 2.35. The van der Waals surface area contributed by atoms with Crippen molar-refractivity contribution in [2.45, 2.75) is 12.5 Å². The van der Waals surface area contributed by atoms with Crippen molar-refractivity contribution in [1.82, 2.24) is 0 Å². The maximum atomic E-state index is 11.8. The Morgan fingerprint density at radius 1 is 1.55 bits per heavy atom. The van der Waals surface area contributed by atoms with Crippen molar-refractivity contribution < 1.29 is 19.7 Å². The lowest BCUT2D eigenvalue weighted by atomic mass is 10.2. The van der Waals surface area contributed by atoms with Gasteiger partial charge in [0.05, 0.1) is 25.5 Å². The molecule has 0 saturated heterocycles. The van der Waals surface area contributed by atoms with Gasteiger partial charge in [0.25, 0.3) is 0 Å². The van der Waals surface area contributed by atoms with Gasteiger partial charge in [-0.25, -0.2) is 0 Å². The highest BCUT2D eigenvalue weighted by Crippen LogP contribution is 2.26. The van der Waals surface area contributed by atoms with E-state index in [1.54, 1.807) is 18.2 Å². The fraction of sp³-hybridized carbons (Fsp3) is 0.462. The number of ether oxygens (including phenoxy) is 1. The molecule has 0 saturated carbocycles. The lowest BCUT2D eigenvalue weighted by Gasteiger charge is -2.11. The van der Waals surface area contributed by atoms with Gasteiger partial charge in [-0.05, 0) is 18.2 Å². The first kappa shape index (κ1) is 16.6. The summed E-state index contributed by atoms with van der Waals surface area (Å²) in [5, 5.41) is 20.5. The Balaban J connectivity index is 2.40. The van der Waals surface area contributed by atoms with Crippen LogP contribution in [0.15, 0.2) is 18.2 Å². The fourth-order valence-electron chi connectivity index (χ4n) is 1.47. The normalized spacial score (nSPS) is 11.9. The van der Waals surface area contributed by atoms with Gasteiger partial charge in [-0.1, -0.05) is 0 Å². The highest BCUT2D eigenvalue weighted by atomic mass is 32.2. The van der Waals surface area contributed by atoms with Gasteiger partial charge in [-0.15, -0.1) is 0 Å². The molecular weight excluding hydrogens is 280 g/mol. The molecule has 0 heterocycles. The summed E-state index contributed by atoms with van der Waals surface area (Å²) in [5.74, 6) is 1.37. The van der Waals surface area contributed by atoms with E-state index in [0.717, 1.165) is 0 Å². The Morgan fingerprint density at radius 2 is 2.30 bits per heavy atom. The second kappa shape index (κ2) is 8.68. The van der Waals surface area contributed by atoms with Gasteiger partial charge in [-0.2, -0.15) is 11.8 Å². The zero-order valence-electron chi connectivity index (χ0n) is 11.3. The molecule has 1 atom stereocenters. The summed E-state index contributed by atoms with van der Waals surface area (Å²) in [7, 11) is 1.52. The summed E-state index contributed by atoms with van der Waals surface area (Å²) in [6.45, 7) is -0.264. The number of carbonyl (C=O) groups excluding carboxylic acids is 1. The zero-order valence-corrected chi connectivity index (χ0v) is 12.2. The minimum absolute atomic E-state index is 0.153. The summed E-state index contributed by atoms with van der Waals surface area (Å²) in [5.41, 5.74) is 6.75. The van der Waals surface area contributed by atoms with Gasteiger partial charge in [0.15, 0.2) is 0 Å². The van der Waals surface area contributed by atoms with E-state index >= 15 is 0 Å². The molecule has 1 amide bonds. The summed E-state index contributed by atoms with van der Waals surface area (Å²) in [6, 6.07) is 5.03. The first-order valence-electron chi connectivity index (χ1n) is 6.17. The van der Waals surface area contributed by atoms with Crippen LogP contribution in [-0.2, 0) is 4.79 Å². The third-order valence-electron chi connectivity index (χ3n) is 2.49. The molecule has 6 nitrogen and oxygen atoms in total. The molecule has 0 fully saturated rings. The number of rotatable bonds is 8. The van der Waals surface area contributed by atoms with E-state index in [9.17, 15) is 4.79 Å². The Morgan fingerprint density at radius 3 is 2.95 bits per heavy atom. The van der Waals surface area contributed by atoms with Crippen LogP contribution >= 0.6 is 11.8 Å². The van der Waals surface area contributed by atoms with Crippen LogP contribution in [0.4, 0.5) is 11.4 Å². The standard InChI is InChI=1S/C13H20N2O4S/c1-19-12-3-2-9(14)6-11(12)15-13(18)4-5-20-8-10(17)7-16/h2-3,6,10,16-17H,4-5,7-8,14H2,1H3,(H,15,18). The molecule has 1 aromatic carbocycles. The Labute approximate surface area is 122 Å². The second-order valence-corrected chi connectivity index (χ2v) is 5.32. The number of aliphatic hydroxyl groups is 2. The minimum Gasteiger partial charge on any atom is -0.495 e. The molecule has 1 unspecified atom stereocenters. The predicted octanol–water partition coefficient (Wildman–Crippen LogP) is 0.692. The van der Waals surface area contributed by atoms with Crippen LogP contribution in [0.2, 0.25) is 0 Å². The van der Waals surface area contributed by atoms with Crippen LogP contribution in [-0.4, -0.2) is 47.4 Å². The number of nitrogen functional groups attached to an aromatic ring is 1. The quantitative estimate of drug-likeness (QED) is 0.416. The average Bonchev–Trinajstić information content (AvgIpc) is 2.43. The maximum absolute atomic E-state index is 11.8. The number of nitrogens with one attached hydrogen (secondary N) is 1. The third-order valence-corrected chi connectivity index (χ3v) is 3.61. The molecule has 1 aromatic rings. The number of benzene rings is 1. The maximum Gasteiger partial charge on any atom is 0.225 e. The molecule has 0 aliphatic rings. The summed E-state index contributed by atoms with van der Waals surface area (Å²) >= 11 is 1.41. The molecule has 0 aliphatic carbocycles. The number of hydrogen-bond acceptors (Lipinski definition) is 6. The Bertz CT molecular complexity index is 442. The molecular formula is C13H20N2O4S. The number of carbonyl (C=O) groups is 1. The number of methoxy groups -OCH3 is 1. The van der Waals surface area contributed by atoms with Gasteiger partial charge in [0.1, 0.15) is 5.75 Å². The van der Waals surface area contributed by atoms with Crippen LogP contribution in [0.1, 0.15) is 6.42 Å². The van der Waals surface area contributed by atoms with Crippen molar-refractivity contribution >= 4 is 29.0 Å². The number of anilines is 2. The smallest absolute Gasteiger partial charge is 0.225 e. The molecule has 0 radical (unpaired) electrons. The molecule has 5 N–H and O–H groups in total. The van der Waals surface area contributed by atoms with Crippen molar-refractivity contribution in [2.75, 3.05) is 36.3 Å². The van der Waals surface area contributed by atoms with Crippen LogP contribution in [0.5, 0.6) is 5.75 Å². The SMILES string of the molecule is COc1ccc(N)cc1NC(=O)CCSCC(O)CO. The van der Waals surface area contributed by atoms with E-state index in [1.165, 1.54) is 18.9 Å². The average molecular weight is 300 g/mol. The first-order chi connectivity index (χ1) is 9.56. The van der Waals surface area contributed by atoms with Crippen molar-refractivity contribution in [1.29, 1.82) is 0 Å². The van der Waals surface area contributed by atoms with Crippen molar-refractivity contribution in [3.8, 4) is 5.75 Å². The lowest BCUT2D eigenvalue weighted by Crippen LogP contribution is -2.17. The van der Waals surface area contributed by atoms with E-state index in [1.807, 2.05) is 0 Å². The largest absolute Gasteiger partial charge is 0.495 e. The van der Waals surface area contributed by atoms with Gasteiger partial charge in [-0.3, -0.25) is 4.79 Å². The Kier molecular flexibility index (Phi) is 7.21. The zero-order chi connectivity index (χ0) is 15.0. The van der Waals surface area contributed by atoms with E-state index in [0.29, 0.717) is 35.1 Å². The highest BCUT2D eigenvalue weighted by Gasteiger charge is 2.09. The van der Waals surface area contributed by atoms with Crippen molar-refractivity contribution in [2.24, 2.45) is 0 Å². The van der Waals surface area contributed by atoms with E-state index in [-0.39, 0.29) is 12.5 Å². The molecule has 112 valence electrons. The summed E-state index contributed by atoms with van der Waals surface area (Å²) in [6.07, 6.45) is -0.432. The molecule has 0 bridgehead atoms. The Hall–Kier alpha value is -1.44. The molecule has 0 aliphatic heterocycles. The van der Waals surface area contributed by atoms with Gasteiger partial charge < -0.3 is 26.0 Å². The van der Waals surface area contributed by atoms with Gasteiger partial charge in [0.2, 0.25) is 5.91 Å². The molecule has 1 rings (SSSR count). The van der Waals surface area contributed by atoms with E-state index in [2.05, 4.69) is 5.32 Å². The highest BCUT2D eigenvalue weighted by molar-refractivity contribution is 7.99. The van der Waals surface area contributed by atoms with Crippen LogP contribution < -0.4 is 15.8 Å². The summed E-state index contributed by atoms with van der Waals surface area (Å²) < 4.78 is 5.14. The first-order valence-corrected chi connectivity index (χ1v) is 7.32. The topological polar surface area (TPSA) is 105 Å². The van der Waals surface area contributed by atoms with Crippen molar-refractivity contribution in [3.63, 3.8) is 0 Å². The second-order valence-electron chi connectivity index (χ2n) is 4.17. The third kappa shape index (κ3) is 5.68. The lowest BCUT2D eigenvalue weighted by molar-refractivity contribution is -0.115. The number of hydrogen-bond donors (Lipinski definition) is 4. The monoisotopic (exact) mass is 300 g/mol.